The molecule has 2 unspecified atom stereocenters. The molecule has 2 aromatic carbocycles. The van der Waals surface area contributed by atoms with Gasteiger partial charge in [0, 0.05) is 6.54 Å². The fourth-order valence-corrected chi connectivity index (χ4v) is 2.71. The van der Waals surface area contributed by atoms with Gasteiger partial charge in [-0.2, -0.15) is 0 Å². The molecule has 1 heterocycles. The van der Waals surface area contributed by atoms with Crippen LogP contribution in [0.1, 0.15) is 29.7 Å². The standard InChI is InChI=1S/C18H20FNO/c1-13-8-9-14(10-16(13)19)17-11-20-18(2,12-21-17)15-6-4-3-5-7-15/h3-10,17,20H,11-12H2,1-2H3. The Kier molecular flexibility index (Phi) is 3.79. The summed E-state index contributed by atoms with van der Waals surface area (Å²) >= 11 is 0. The Morgan fingerprint density at radius 3 is 2.57 bits per heavy atom. The van der Waals surface area contributed by atoms with Crippen LogP contribution >= 0.6 is 0 Å². The smallest absolute Gasteiger partial charge is 0.126 e. The summed E-state index contributed by atoms with van der Waals surface area (Å²) in [6.07, 6.45) is -0.100. The van der Waals surface area contributed by atoms with Crippen LogP contribution in [0.15, 0.2) is 48.5 Å². The average Bonchev–Trinajstić information content (AvgIpc) is 2.52. The van der Waals surface area contributed by atoms with Crippen LogP contribution in [-0.2, 0) is 10.3 Å². The normalized spacial score (nSPS) is 25.8. The van der Waals surface area contributed by atoms with E-state index in [0.717, 1.165) is 5.56 Å². The summed E-state index contributed by atoms with van der Waals surface area (Å²) in [4.78, 5) is 0. The number of aryl methyl sites for hydroxylation is 1. The van der Waals surface area contributed by atoms with Gasteiger partial charge in [-0.25, -0.2) is 4.39 Å². The fourth-order valence-electron chi connectivity index (χ4n) is 2.71. The second-order valence-electron chi connectivity index (χ2n) is 5.89. The van der Waals surface area contributed by atoms with Crippen molar-refractivity contribution in [1.82, 2.24) is 5.32 Å². The van der Waals surface area contributed by atoms with Gasteiger partial charge in [0.25, 0.3) is 0 Å². The first kappa shape index (κ1) is 14.2. The number of hydrogen-bond donors (Lipinski definition) is 1. The molecule has 2 nitrogen and oxygen atoms in total. The van der Waals surface area contributed by atoms with E-state index in [-0.39, 0.29) is 17.5 Å². The molecule has 0 aromatic heterocycles. The Hall–Kier alpha value is -1.71. The van der Waals surface area contributed by atoms with Gasteiger partial charge in [0.1, 0.15) is 5.82 Å². The molecule has 2 atom stereocenters. The Morgan fingerprint density at radius 2 is 1.95 bits per heavy atom. The minimum atomic E-state index is -0.193. The number of rotatable bonds is 2. The topological polar surface area (TPSA) is 21.3 Å². The molecule has 1 fully saturated rings. The molecule has 0 radical (unpaired) electrons. The van der Waals surface area contributed by atoms with Gasteiger partial charge in [-0.3, -0.25) is 0 Å². The summed E-state index contributed by atoms with van der Waals surface area (Å²) in [6.45, 7) is 5.14. The van der Waals surface area contributed by atoms with Crippen molar-refractivity contribution >= 4 is 0 Å². The van der Waals surface area contributed by atoms with Crippen LogP contribution in [0.25, 0.3) is 0 Å². The minimum Gasteiger partial charge on any atom is -0.370 e. The van der Waals surface area contributed by atoms with Crippen molar-refractivity contribution in [3.05, 3.63) is 71.0 Å². The summed E-state index contributed by atoms with van der Waals surface area (Å²) in [5.41, 5.74) is 2.57. The van der Waals surface area contributed by atoms with Crippen molar-refractivity contribution in [3.8, 4) is 0 Å². The number of nitrogens with one attached hydrogen (secondary N) is 1. The van der Waals surface area contributed by atoms with Crippen molar-refractivity contribution in [2.45, 2.75) is 25.5 Å². The fraction of sp³-hybridized carbons (Fsp3) is 0.333. The predicted octanol–water partition coefficient (Wildman–Crippen LogP) is 3.71. The number of benzene rings is 2. The van der Waals surface area contributed by atoms with Crippen molar-refractivity contribution in [2.24, 2.45) is 0 Å². The van der Waals surface area contributed by atoms with E-state index in [1.54, 1.807) is 19.1 Å². The van der Waals surface area contributed by atoms with E-state index in [1.807, 2.05) is 24.3 Å². The molecule has 0 aliphatic carbocycles. The molecular formula is C18H20FNO. The van der Waals surface area contributed by atoms with Crippen LogP contribution in [0.4, 0.5) is 4.39 Å². The third kappa shape index (κ3) is 2.85. The first-order chi connectivity index (χ1) is 10.1. The van der Waals surface area contributed by atoms with Crippen LogP contribution in [0.3, 0.4) is 0 Å². The van der Waals surface area contributed by atoms with Gasteiger partial charge in [-0.1, -0.05) is 42.5 Å². The molecule has 1 saturated heterocycles. The Morgan fingerprint density at radius 1 is 1.19 bits per heavy atom. The van der Waals surface area contributed by atoms with Crippen molar-refractivity contribution < 1.29 is 9.13 Å². The third-order valence-electron chi connectivity index (χ3n) is 4.23. The molecule has 0 saturated carbocycles. The molecule has 0 amide bonds. The van der Waals surface area contributed by atoms with Crippen LogP contribution in [-0.4, -0.2) is 13.2 Å². The largest absolute Gasteiger partial charge is 0.370 e. The second kappa shape index (κ2) is 5.58. The van der Waals surface area contributed by atoms with Crippen molar-refractivity contribution in [1.29, 1.82) is 0 Å². The lowest BCUT2D eigenvalue weighted by Crippen LogP contribution is -2.50. The van der Waals surface area contributed by atoms with E-state index >= 15 is 0 Å². The minimum absolute atomic E-state index is 0.100. The maximum Gasteiger partial charge on any atom is 0.126 e. The monoisotopic (exact) mass is 285 g/mol. The summed E-state index contributed by atoms with van der Waals surface area (Å²) in [5, 5.41) is 3.55. The Labute approximate surface area is 125 Å². The highest BCUT2D eigenvalue weighted by Crippen LogP contribution is 2.30. The Bertz CT molecular complexity index is 618. The van der Waals surface area contributed by atoms with Gasteiger partial charge in [-0.05, 0) is 36.6 Å². The molecule has 1 aliphatic heterocycles. The summed E-state index contributed by atoms with van der Waals surface area (Å²) in [6, 6.07) is 15.6. The zero-order chi connectivity index (χ0) is 14.9. The molecule has 3 heteroatoms. The molecule has 0 spiro atoms. The first-order valence-electron chi connectivity index (χ1n) is 7.27. The molecule has 0 bridgehead atoms. The maximum atomic E-state index is 13.7. The van der Waals surface area contributed by atoms with Gasteiger partial charge in [0.05, 0.1) is 18.2 Å². The molecule has 21 heavy (non-hydrogen) atoms. The lowest BCUT2D eigenvalue weighted by molar-refractivity contribution is -0.0309. The molecule has 1 aliphatic rings. The quantitative estimate of drug-likeness (QED) is 0.908. The van der Waals surface area contributed by atoms with Crippen molar-refractivity contribution in [2.75, 3.05) is 13.2 Å². The lowest BCUT2D eigenvalue weighted by Gasteiger charge is -2.39. The average molecular weight is 285 g/mol. The zero-order valence-corrected chi connectivity index (χ0v) is 12.4. The SMILES string of the molecule is Cc1ccc(C2CNC(C)(c3ccccc3)CO2)cc1F. The predicted molar refractivity (Wildman–Crippen MR) is 81.6 cm³/mol. The first-order valence-corrected chi connectivity index (χ1v) is 7.27. The van der Waals surface area contributed by atoms with E-state index in [4.69, 9.17) is 4.74 Å². The highest BCUT2D eigenvalue weighted by molar-refractivity contribution is 5.28. The van der Waals surface area contributed by atoms with Gasteiger partial charge < -0.3 is 10.1 Å². The molecular weight excluding hydrogens is 265 g/mol. The number of ether oxygens (including phenoxy) is 1. The van der Waals surface area contributed by atoms with Crippen LogP contribution in [0.2, 0.25) is 0 Å². The van der Waals surface area contributed by atoms with E-state index < -0.39 is 0 Å². The highest BCUT2D eigenvalue weighted by atomic mass is 19.1. The third-order valence-corrected chi connectivity index (χ3v) is 4.23. The summed E-state index contributed by atoms with van der Waals surface area (Å²) in [5.74, 6) is -0.174. The van der Waals surface area contributed by atoms with Crippen LogP contribution < -0.4 is 5.32 Å². The number of hydrogen-bond acceptors (Lipinski definition) is 2. The molecule has 2 aromatic rings. The zero-order valence-electron chi connectivity index (χ0n) is 12.4. The second-order valence-corrected chi connectivity index (χ2v) is 5.89. The number of morpholine rings is 1. The van der Waals surface area contributed by atoms with E-state index in [0.29, 0.717) is 18.7 Å². The highest BCUT2D eigenvalue weighted by Gasteiger charge is 2.33. The molecule has 110 valence electrons. The van der Waals surface area contributed by atoms with E-state index in [1.165, 1.54) is 5.56 Å². The Balaban J connectivity index is 1.74. The van der Waals surface area contributed by atoms with E-state index in [2.05, 4.69) is 24.4 Å². The van der Waals surface area contributed by atoms with E-state index in [9.17, 15) is 4.39 Å². The van der Waals surface area contributed by atoms with Gasteiger partial charge in [0.15, 0.2) is 0 Å². The summed E-state index contributed by atoms with van der Waals surface area (Å²) < 4.78 is 19.7. The van der Waals surface area contributed by atoms with Gasteiger partial charge in [-0.15, -0.1) is 0 Å². The van der Waals surface area contributed by atoms with Crippen molar-refractivity contribution in [3.63, 3.8) is 0 Å². The van der Waals surface area contributed by atoms with Crippen LogP contribution in [0, 0.1) is 12.7 Å². The molecule has 3 rings (SSSR count). The maximum absolute atomic E-state index is 13.7. The van der Waals surface area contributed by atoms with Gasteiger partial charge in [0.2, 0.25) is 0 Å². The van der Waals surface area contributed by atoms with Gasteiger partial charge >= 0.3 is 0 Å². The number of halogens is 1. The lowest BCUT2D eigenvalue weighted by atomic mass is 9.90. The summed E-state index contributed by atoms with van der Waals surface area (Å²) in [7, 11) is 0. The molecule has 1 N–H and O–H groups in total. The van der Waals surface area contributed by atoms with Crippen LogP contribution in [0.5, 0.6) is 0 Å².